The molecule has 0 bridgehead atoms. The van der Waals surface area contributed by atoms with Gasteiger partial charge >= 0.3 is 12.0 Å². The quantitative estimate of drug-likeness (QED) is 0.134. The minimum atomic E-state index is -4.28. The molecular formula is C24H45F2NO4S. The number of sulfonamides is 1. The summed E-state index contributed by atoms with van der Waals surface area (Å²) in [6.07, 6.45) is 17.3. The fraction of sp³-hybridized carbons (Fsp3) is 0.958. The Kier molecular flexibility index (Phi) is 14.6. The minimum absolute atomic E-state index is 0.142. The van der Waals surface area contributed by atoms with Gasteiger partial charge in [0.2, 0.25) is 10.0 Å². The normalized spacial score (nSPS) is 19.8. The maximum Gasteiger partial charge on any atom is 0.411 e. The number of ether oxygens (including phenoxy) is 1. The number of alkyl halides is 2. The molecular weight excluding hydrogens is 436 g/mol. The standard InChI is InChI=1S/C24H45F2NO4S/c1-3-5-7-8-9-10-11-12-13-14-15-21-16-18-22(19-17-21)32(29,30)27-24(25,26)23(28)31-20-6-4-2/h21-22,27H,3-20H2,1-2H3. The Morgan fingerprint density at radius 1 is 0.844 bits per heavy atom. The monoisotopic (exact) mass is 481 g/mol. The third-order valence-electron chi connectivity index (χ3n) is 6.46. The van der Waals surface area contributed by atoms with Gasteiger partial charge in [-0.05, 0) is 38.0 Å². The molecule has 0 amide bonds. The van der Waals surface area contributed by atoms with Crippen LogP contribution in [0.4, 0.5) is 8.78 Å². The first kappa shape index (κ1) is 29.3. The van der Waals surface area contributed by atoms with E-state index in [1.54, 1.807) is 0 Å². The summed E-state index contributed by atoms with van der Waals surface area (Å²) in [7, 11) is -4.28. The van der Waals surface area contributed by atoms with E-state index in [4.69, 9.17) is 0 Å². The summed E-state index contributed by atoms with van der Waals surface area (Å²) in [5, 5.41) is -0.874. The molecule has 1 saturated carbocycles. The lowest BCUT2D eigenvalue weighted by Gasteiger charge is -2.29. The highest BCUT2D eigenvalue weighted by atomic mass is 32.2. The van der Waals surface area contributed by atoms with Crippen LogP contribution >= 0.6 is 0 Å². The molecule has 0 heterocycles. The zero-order valence-electron chi connectivity index (χ0n) is 20.2. The van der Waals surface area contributed by atoms with Crippen LogP contribution in [-0.2, 0) is 19.6 Å². The predicted octanol–water partition coefficient (Wildman–Crippen LogP) is 6.71. The van der Waals surface area contributed by atoms with Gasteiger partial charge in [-0.25, -0.2) is 13.2 Å². The van der Waals surface area contributed by atoms with Crippen molar-refractivity contribution in [3.8, 4) is 0 Å². The number of hydrogen-bond donors (Lipinski definition) is 1. The van der Waals surface area contributed by atoms with Crippen molar-refractivity contribution < 1.29 is 26.7 Å². The maximum absolute atomic E-state index is 14.0. The van der Waals surface area contributed by atoms with Crippen molar-refractivity contribution in [2.45, 2.75) is 134 Å². The van der Waals surface area contributed by atoms with Gasteiger partial charge in [0.25, 0.3) is 0 Å². The van der Waals surface area contributed by atoms with E-state index in [0.29, 0.717) is 31.6 Å². The lowest BCUT2D eigenvalue weighted by Crippen LogP contribution is -2.51. The molecule has 0 saturated heterocycles. The van der Waals surface area contributed by atoms with Crippen LogP contribution in [0.1, 0.15) is 123 Å². The number of hydrogen-bond acceptors (Lipinski definition) is 4. The second-order valence-electron chi connectivity index (χ2n) is 9.32. The molecule has 0 aromatic carbocycles. The molecule has 0 aromatic heterocycles. The lowest BCUT2D eigenvalue weighted by molar-refractivity contribution is -0.173. The summed E-state index contributed by atoms with van der Waals surface area (Å²) >= 11 is 0. The van der Waals surface area contributed by atoms with Crippen molar-refractivity contribution in [3.05, 3.63) is 0 Å². The predicted molar refractivity (Wildman–Crippen MR) is 125 cm³/mol. The highest BCUT2D eigenvalue weighted by Gasteiger charge is 2.47. The van der Waals surface area contributed by atoms with E-state index in [-0.39, 0.29) is 6.61 Å². The second-order valence-corrected chi connectivity index (χ2v) is 11.3. The van der Waals surface area contributed by atoms with Crippen LogP contribution in [0.3, 0.4) is 0 Å². The Balaban J connectivity index is 2.22. The fourth-order valence-corrected chi connectivity index (χ4v) is 5.85. The smallest absolute Gasteiger partial charge is 0.411 e. The van der Waals surface area contributed by atoms with Gasteiger partial charge in [0, 0.05) is 0 Å². The van der Waals surface area contributed by atoms with Crippen molar-refractivity contribution in [1.82, 2.24) is 4.72 Å². The summed E-state index contributed by atoms with van der Waals surface area (Å²) in [4.78, 5) is 11.5. The zero-order chi connectivity index (χ0) is 23.9. The van der Waals surface area contributed by atoms with E-state index in [9.17, 15) is 22.0 Å². The molecule has 0 unspecified atom stereocenters. The SMILES string of the molecule is CCCCCCCCCCCCC1CCC(S(=O)(=O)NC(F)(F)C(=O)OCCCC)CC1. The zero-order valence-corrected chi connectivity index (χ0v) is 21.0. The number of carbonyl (C=O) groups is 1. The summed E-state index contributed by atoms with van der Waals surface area (Å²) in [6, 6.07) is -4.22. The molecule has 32 heavy (non-hydrogen) atoms. The summed E-state index contributed by atoms with van der Waals surface area (Å²) < 4.78 is 58.5. The Hall–Kier alpha value is -0.760. The van der Waals surface area contributed by atoms with Gasteiger partial charge in [0.05, 0.1) is 11.9 Å². The molecule has 0 aromatic rings. The Labute approximate surface area is 194 Å². The van der Waals surface area contributed by atoms with Gasteiger partial charge in [-0.2, -0.15) is 8.78 Å². The molecule has 8 heteroatoms. The Bertz CT molecular complexity index is 605. The van der Waals surface area contributed by atoms with Crippen molar-refractivity contribution >= 4 is 16.0 Å². The molecule has 0 atom stereocenters. The number of rotatable bonds is 18. The van der Waals surface area contributed by atoms with Crippen LogP contribution in [0.25, 0.3) is 0 Å². The number of halogens is 2. The van der Waals surface area contributed by atoms with Crippen LogP contribution in [0.15, 0.2) is 0 Å². The summed E-state index contributed by atoms with van der Waals surface area (Å²) in [5.74, 6) is -1.36. The van der Waals surface area contributed by atoms with Crippen molar-refractivity contribution in [2.24, 2.45) is 5.92 Å². The highest BCUT2D eigenvalue weighted by Crippen LogP contribution is 2.32. The minimum Gasteiger partial charge on any atom is -0.460 e. The molecule has 0 aliphatic heterocycles. The van der Waals surface area contributed by atoms with Gasteiger partial charge in [-0.1, -0.05) is 90.9 Å². The van der Waals surface area contributed by atoms with Crippen molar-refractivity contribution in [2.75, 3.05) is 6.61 Å². The van der Waals surface area contributed by atoms with Crippen molar-refractivity contribution in [1.29, 1.82) is 0 Å². The average Bonchev–Trinajstić information content (AvgIpc) is 2.75. The largest absolute Gasteiger partial charge is 0.460 e. The molecule has 1 fully saturated rings. The average molecular weight is 482 g/mol. The Morgan fingerprint density at radius 2 is 1.34 bits per heavy atom. The van der Waals surface area contributed by atoms with Crippen LogP contribution in [0.5, 0.6) is 0 Å². The molecule has 0 radical (unpaired) electrons. The van der Waals surface area contributed by atoms with Gasteiger partial charge in [0.15, 0.2) is 0 Å². The molecule has 1 rings (SSSR count). The number of esters is 1. The number of carbonyl (C=O) groups excluding carboxylic acids is 1. The fourth-order valence-electron chi connectivity index (χ4n) is 4.35. The van der Waals surface area contributed by atoms with Gasteiger partial charge in [-0.3, -0.25) is 0 Å². The summed E-state index contributed by atoms with van der Waals surface area (Å²) in [5.41, 5.74) is 0. The van der Waals surface area contributed by atoms with E-state index in [2.05, 4.69) is 11.7 Å². The Morgan fingerprint density at radius 3 is 1.88 bits per heavy atom. The maximum atomic E-state index is 14.0. The van der Waals surface area contributed by atoms with Crippen LogP contribution in [-0.4, -0.2) is 32.3 Å². The van der Waals surface area contributed by atoms with Crippen LogP contribution in [0.2, 0.25) is 0 Å². The van der Waals surface area contributed by atoms with Crippen LogP contribution in [0, 0.1) is 5.92 Å². The number of unbranched alkanes of at least 4 members (excludes halogenated alkanes) is 10. The lowest BCUT2D eigenvalue weighted by atomic mass is 9.85. The topological polar surface area (TPSA) is 72.5 Å². The third kappa shape index (κ3) is 11.9. The molecule has 190 valence electrons. The van der Waals surface area contributed by atoms with E-state index in [1.807, 2.05) is 6.92 Å². The molecule has 1 N–H and O–H groups in total. The van der Waals surface area contributed by atoms with Crippen LogP contribution < -0.4 is 4.72 Å². The highest BCUT2D eigenvalue weighted by molar-refractivity contribution is 7.90. The first-order valence-corrected chi connectivity index (χ1v) is 14.3. The van der Waals surface area contributed by atoms with Gasteiger partial charge < -0.3 is 4.74 Å². The summed E-state index contributed by atoms with van der Waals surface area (Å²) in [6.45, 7) is 3.92. The van der Waals surface area contributed by atoms with E-state index in [1.165, 1.54) is 62.5 Å². The molecule has 1 aliphatic carbocycles. The third-order valence-corrected chi connectivity index (χ3v) is 8.35. The van der Waals surface area contributed by atoms with E-state index >= 15 is 0 Å². The number of nitrogens with one attached hydrogen (secondary N) is 1. The first-order chi connectivity index (χ1) is 15.2. The molecule has 0 spiro atoms. The van der Waals surface area contributed by atoms with Gasteiger partial charge in [0.1, 0.15) is 0 Å². The first-order valence-electron chi connectivity index (χ1n) is 12.8. The van der Waals surface area contributed by atoms with E-state index < -0.39 is 27.3 Å². The van der Waals surface area contributed by atoms with Crippen molar-refractivity contribution in [3.63, 3.8) is 0 Å². The van der Waals surface area contributed by atoms with E-state index in [0.717, 1.165) is 25.7 Å². The second kappa shape index (κ2) is 16.0. The molecule has 5 nitrogen and oxygen atoms in total. The van der Waals surface area contributed by atoms with Gasteiger partial charge in [-0.15, -0.1) is 4.72 Å². The molecule has 1 aliphatic rings.